The number of carbonyl (C=O) groups is 1. The number of rotatable bonds is 3. The van der Waals surface area contributed by atoms with Gasteiger partial charge in [0.25, 0.3) is 5.91 Å². The van der Waals surface area contributed by atoms with Crippen LogP contribution in [-0.4, -0.2) is 75.1 Å². The van der Waals surface area contributed by atoms with Gasteiger partial charge in [-0.25, -0.2) is 0 Å². The number of aryl methyl sites for hydroxylation is 1. The van der Waals surface area contributed by atoms with E-state index in [0.717, 1.165) is 55.6 Å². The van der Waals surface area contributed by atoms with Gasteiger partial charge in [0, 0.05) is 62.5 Å². The van der Waals surface area contributed by atoms with Gasteiger partial charge in [0.2, 0.25) is 0 Å². The van der Waals surface area contributed by atoms with Crippen molar-refractivity contribution in [2.45, 2.75) is 19.4 Å². The lowest BCUT2D eigenvalue weighted by molar-refractivity contribution is 0.00671. The molecule has 2 saturated heterocycles. The molecule has 8 nitrogen and oxygen atoms in total. The number of hydrogen-bond donors (Lipinski definition) is 1. The second kappa shape index (κ2) is 7.85. The van der Waals surface area contributed by atoms with Crippen LogP contribution in [-0.2, 0) is 18.3 Å². The van der Waals surface area contributed by atoms with Crippen LogP contribution in [0.15, 0.2) is 36.5 Å². The van der Waals surface area contributed by atoms with Gasteiger partial charge in [-0.1, -0.05) is 18.2 Å². The highest BCUT2D eigenvalue weighted by Crippen LogP contribution is 2.34. The van der Waals surface area contributed by atoms with Crippen molar-refractivity contribution in [3.8, 4) is 0 Å². The number of amides is 1. The first-order valence-electron chi connectivity index (χ1n) is 10.6. The van der Waals surface area contributed by atoms with E-state index in [4.69, 9.17) is 4.74 Å². The minimum atomic E-state index is -0.0466. The van der Waals surface area contributed by atoms with Gasteiger partial charge in [-0.05, 0) is 25.0 Å². The fourth-order valence-electron chi connectivity index (χ4n) is 4.98. The van der Waals surface area contributed by atoms with Crippen LogP contribution in [0.3, 0.4) is 0 Å². The van der Waals surface area contributed by atoms with Gasteiger partial charge in [-0.3, -0.25) is 19.5 Å². The summed E-state index contributed by atoms with van der Waals surface area (Å²) in [5.41, 5.74) is 2.59. The molecule has 158 valence electrons. The molecule has 0 radical (unpaired) electrons. The van der Waals surface area contributed by atoms with Crippen LogP contribution in [0.25, 0.3) is 10.9 Å². The predicted octanol–water partition coefficient (Wildman–Crippen LogP) is 2.05. The van der Waals surface area contributed by atoms with E-state index in [9.17, 15) is 4.79 Å². The molecule has 0 bridgehead atoms. The molecule has 8 heteroatoms. The summed E-state index contributed by atoms with van der Waals surface area (Å²) in [6.45, 7) is 5.51. The van der Waals surface area contributed by atoms with Gasteiger partial charge >= 0.3 is 0 Å². The molecule has 3 aromatic rings. The lowest BCUT2D eigenvalue weighted by atomic mass is 9.80. The summed E-state index contributed by atoms with van der Waals surface area (Å²) < 4.78 is 7.81. The Balaban J connectivity index is 1.37. The normalized spacial score (nSPS) is 23.2. The maximum absolute atomic E-state index is 13.5. The number of benzene rings is 1. The third-order valence-corrected chi connectivity index (χ3v) is 6.38. The highest BCUT2D eigenvalue weighted by atomic mass is 16.5. The number of hydrogen-bond acceptors (Lipinski definition) is 5. The molecular weight excluding hydrogens is 380 g/mol. The van der Waals surface area contributed by atoms with Crippen LogP contribution in [0, 0.1) is 5.41 Å². The van der Waals surface area contributed by atoms with Crippen molar-refractivity contribution >= 4 is 16.8 Å². The molecule has 2 aromatic heterocycles. The van der Waals surface area contributed by atoms with E-state index in [0.29, 0.717) is 25.5 Å². The van der Waals surface area contributed by atoms with Crippen molar-refractivity contribution in [3.63, 3.8) is 0 Å². The molecule has 5 rings (SSSR count). The molecule has 30 heavy (non-hydrogen) atoms. The van der Waals surface area contributed by atoms with Gasteiger partial charge in [-0.2, -0.15) is 10.2 Å². The van der Waals surface area contributed by atoms with Crippen molar-refractivity contribution in [2.24, 2.45) is 12.5 Å². The van der Waals surface area contributed by atoms with Crippen LogP contribution in [0.2, 0.25) is 0 Å². The SMILES string of the molecule is Cn1nc(C(=O)N2CCC[C@@]3(COCCN(Cc4ccn[nH]4)C3)C2)c2ccccc21. The monoisotopic (exact) mass is 408 g/mol. The Kier molecular flexibility index (Phi) is 5.04. The van der Waals surface area contributed by atoms with E-state index in [1.807, 2.05) is 42.3 Å². The molecule has 0 unspecified atom stereocenters. The first kappa shape index (κ1) is 19.3. The van der Waals surface area contributed by atoms with Gasteiger partial charge in [0.1, 0.15) is 0 Å². The fraction of sp³-hybridized carbons (Fsp3) is 0.500. The lowest BCUT2D eigenvalue weighted by Gasteiger charge is -2.43. The summed E-state index contributed by atoms with van der Waals surface area (Å²) in [7, 11) is 1.89. The molecule has 2 aliphatic heterocycles. The quantitative estimate of drug-likeness (QED) is 0.718. The number of fused-ring (bicyclic) bond motifs is 1. The fourth-order valence-corrected chi connectivity index (χ4v) is 4.98. The number of ether oxygens (including phenoxy) is 1. The number of nitrogens with zero attached hydrogens (tertiary/aromatic N) is 5. The summed E-state index contributed by atoms with van der Waals surface area (Å²) >= 11 is 0. The first-order chi connectivity index (χ1) is 14.6. The average Bonchev–Trinajstić information content (AvgIpc) is 3.34. The number of nitrogens with one attached hydrogen (secondary N) is 1. The third-order valence-electron chi connectivity index (χ3n) is 6.38. The number of piperidine rings is 1. The number of H-pyrrole nitrogens is 1. The summed E-state index contributed by atoms with van der Waals surface area (Å²) in [5.74, 6) is 0.0234. The Morgan fingerprint density at radius 2 is 2.13 bits per heavy atom. The zero-order chi connectivity index (χ0) is 20.6. The molecule has 1 N–H and O–H groups in total. The Labute approximate surface area is 175 Å². The number of aromatic amines is 1. The summed E-state index contributed by atoms with van der Waals surface area (Å²) in [6.07, 6.45) is 3.84. The molecule has 2 aliphatic rings. The van der Waals surface area contributed by atoms with Crippen LogP contribution in [0.5, 0.6) is 0 Å². The molecule has 2 fully saturated rings. The second-order valence-electron chi connectivity index (χ2n) is 8.66. The highest BCUT2D eigenvalue weighted by Gasteiger charge is 2.41. The molecular formula is C22H28N6O2. The predicted molar refractivity (Wildman–Crippen MR) is 113 cm³/mol. The summed E-state index contributed by atoms with van der Waals surface area (Å²) in [4.78, 5) is 17.9. The number of para-hydroxylation sites is 1. The number of carbonyl (C=O) groups excluding carboxylic acids is 1. The maximum atomic E-state index is 13.5. The van der Waals surface area contributed by atoms with Crippen LogP contribution in [0.1, 0.15) is 29.0 Å². The molecule has 4 heterocycles. The molecule has 1 aromatic carbocycles. The van der Waals surface area contributed by atoms with E-state index >= 15 is 0 Å². The lowest BCUT2D eigenvalue weighted by Crippen LogP contribution is -2.52. The van der Waals surface area contributed by atoms with Crippen molar-refractivity contribution in [3.05, 3.63) is 47.9 Å². The van der Waals surface area contributed by atoms with E-state index in [1.54, 1.807) is 10.9 Å². The summed E-state index contributed by atoms with van der Waals surface area (Å²) in [5, 5.41) is 12.6. The van der Waals surface area contributed by atoms with Crippen molar-refractivity contribution in [2.75, 3.05) is 39.4 Å². The molecule has 0 aliphatic carbocycles. The zero-order valence-corrected chi connectivity index (χ0v) is 17.4. The van der Waals surface area contributed by atoms with Gasteiger partial charge < -0.3 is 9.64 Å². The maximum Gasteiger partial charge on any atom is 0.275 e. The average molecular weight is 409 g/mol. The molecule has 1 amide bonds. The topological polar surface area (TPSA) is 79.3 Å². The zero-order valence-electron chi connectivity index (χ0n) is 17.4. The second-order valence-corrected chi connectivity index (χ2v) is 8.66. The van der Waals surface area contributed by atoms with Gasteiger partial charge in [0.15, 0.2) is 5.69 Å². The Hall–Kier alpha value is -2.71. The highest BCUT2D eigenvalue weighted by molar-refractivity contribution is 6.04. The minimum Gasteiger partial charge on any atom is -0.379 e. The summed E-state index contributed by atoms with van der Waals surface area (Å²) in [6, 6.07) is 9.94. The Morgan fingerprint density at radius 3 is 3.00 bits per heavy atom. The first-order valence-corrected chi connectivity index (χ1v) is 10.6. The Bertz CT molecular complexity index is 1030. The molecule has 0 saturated carbocycles. The standard InChI is InChI=1S/C22H28N6O2/c1-26-19-6-3-2-5-18(19)20(25-26)21(29)28-10-4-8-22(15-28)14-27(11-12-30-16-22)13-17-7-9-23-24-17/h2-3,5-7,9H,4,8,10-16H2,1H3,(H,23,24)/t22-/m0/s1. The van der Waals surface area contributed by atoms with E-state index in [-0.39, 0.29) is 11.3 Å². The van der Waals surface area contributed by atoms with Crippen LogP contribution >= 0.6 is 0 Å². The molecule has 1 atom stereocenters. The third kappa shape index (κ3) is 3.61. The largest absolute Gasteiger partial charge is 0.379 e. The van der Waals surface area contributed by atoms with Gasteiger partial charge in [0.05, 0.1) is 18.7 Å². The van der Waals surface area contributed by atoms with Crippen LogP contribution in [0.4, 0.5) is 0 Å². The van der Waals surface area contributed by atoms with E-state index in [2.05, 4.69) is 20.2 Å². The van der Waals surface area contributed by atoms with Crippen molar-refractivity contribution < 1.29 is 9.53 Å². The number of aromatic nitrogens is 4. The molecule has 1 spiro atoms. The Morgan fingerprint density at radius 1 is 1.23 bits per heavy atom. The van der Waals surface area contributed by atoms with E-state index in [1.165, 1.54) is 0 Å². The van der Waals surface area contributed by atoms with Crippen LogP contribution < -0.4 is 0 Å². The van der Waals surface area contributed by atoms with E-state index < -0.39 is 0 Å². The smallest absolute Gasteiger partial charge is 0.275 e. The van der Waals surface area contributed by atoms with Crippen molar-refractivity contribution in [1.82, 2.24) is 29.8 Å². The number of likely N-dealkylation sites (tertiary alicyclic amines) is 1. The minimum absolute atomic E-state index is 0.0234. The van der Waals surface area contributed by atoms with Crippen molar-refractivity contribution in [1.29, 1.82) is 0 Å². The van der Waals surface area contributed by atoms with Gasteiger partial charge in [-0.15, -0.1) is 0 Å².